The van der Waals surface area contributed by atoms with Crippen LogP contribution in [0.3, 0.4) is 0 Å². The van der Waals surface area contributed by atoms with E-state index in [1.54, 1.807) is 43.1 Å². The number of hydrogen-bond donors (Lipinski definition) is 2. The van der Waals surface area contributed by atoms with Crippen LogP contribution in [0.25, 0.3) is 11.1 Å². The van der Waals surface area contributed by atoms with Gasteiger partial charge in [0.2, 0.25) is 27.7 Å². The molecule has 1 heterocycles. The maximum Gasteiger partial charge on any atom is 0.266 e. The first-order chi connectivity index (χ1) is 18.0. The van der Waals surface area contributed by atoms with Gasteiger partial charge in [0, 0.05) is 13.6 Å². The van der Waals surface area contributed by atoms with E-state index in [1.807, 2.05) is 6.92 Å². The lowest BCUT2D eigenvalue weighted by molar-refractivity contribution is -0.123. The van der Waals surface area contributed by atoms with Crippen molar-refractivity contribution in [1.82, 2.24) is 19.9 Å². The molecule has 0 bridgehead atoms. The van der Waals surface area contributed by atoms with Crippen LogP contribution in [-0.2, 0) is 14.8 Å². The summed E-state index contributed by atoms with van der Waals surface area (Å²) in [6.07, 6.45) is 6.71. The van der Waals surface area contributed by atoms with Gasteiger partial charge < -0.3 is 14.6 Å². The van der Waals surface area contributed by atoms with Crippen molar-refractivity contribution in [2.24, 2.45) is 10.9 Å². The number of guanidine groups is 1. The first-order valence-electron chi connectivity index (χ1n) is 13.5. The summed E-state index contributed by atoms with van der Waals surface area (Å²) in [5, 5.41) is 2.83. The molecule has 2 unspecified atom stereocenters. The molecule has 0 radical (unpaired) electrons. The molecule has 0 fully saturated rings. The number of para-hydroxylation sites is 2. The summed E-state index contributed by atoms with van der Waals surface area (Å²) in [4.78, 5) is 37.3. The number of rotatable bonds is 15. The fraction of sp³-hybridized carbons (Fsp3) is 0.630. The highest BCUT2D eigenvalue weighted by atomic mass is 32.2. The Labute approximate surface area is 226 Å². The lowest BCUT2D eigenvalue weighted by Gasteiger charge is -2.25. The lowest BCUT2D eigenvalue weighted by atomic mass is 9.95. The van der Waals surface area contributed by atoms with Gasteiger partial charge in [-0.3, -0.25) is 14.3 Å². The number of ketones is 1. The third-order valence-corrected chi connectivity index (χ3v) is 6.80. The maximum absolute atomic E-state index is 13.6. The van der Waals surface area contributed by atoms with Gasteiger partial charge in [-0.1, -0.05) is 65.5 Å². The van der Waals surface area contributed by atoms with Crippen molar-refractivity contribution in [3.05, 3.63) is 30.2 Å². The molecule has 0 spiro atoms. The molecule has 2 aromatic rings. The van der Waals surface area contributed by atoms with Crippen molar-refractivity contribution in [3.63, 3.8) is 0 Å². The number of aromatic nitrogens is 1. The van der Waals surface area contributed by atoms with Crippen molar-refractivity contribution in [1.29, 1.82) is 0 Å². The first kappa shape index (κ1) is 31.3. The predicted molar refractivity (Wildman–Crippen MR) is 151 cm³/mol. The number of carbonyl (C=O) groups excluding carboxylic acids is 2. The maximum atomic E-state index is 13.6. The van der Waals surface area contributed by atoms with E-state index >= 15 is 0 Å². The van der Waals surface area contributed by atoms with Crippen molar-refractivity contribution in [2.45, 2.75) is 84.7 Å². The topological polar surface area (TPSA) is 134 Å². The van der Waals surface area contributed by atoms with Gasteiger partial charge >= 0.3 is 0 Å². The van der Waals surface area contributed by atoms with E-state index in [0.29, 0.717) is 30.5 Å². The van der Waals surface area contributed by atoms with E-state index in [1.165, 1.54) is 0 Å². The number of amides is 1. The molecular weight excluding hydrogens is 506 g/mol. The summed E-state index contributed by atoms with van der Waals surface area (Å²) in [5.41, 5.74) is 1.06. The summed E-state index contributed by atoms with van der Waals surface area (Å²) in [6.45, 7) is 8.51. The first-order valence-corrected chi connectivity index (χ1v) is 15.3. The molecule has 3 atom stereocenters. The molecule has 0 aliphatic carbocycles. The third kappa shape index (κ3) is 9.74. The van der Waals surface area contributed by atoms with Crippen molar-refractivity contribution < 1.29 is 22.4 Å². The third-order valence-electron chi connectivity index (χ3n) is 6.25. The Balaban J connectivity index is 2.33. The zero-order valence-corrected chi connectivity index (χ0v) is 24.3. The Morgan fingerprint density at radius 3 is 2.45 bits per heavy atom. The Morgan fingerprint density at radius 2 is 1.84 bits per heavy atom. The molecule has 1 aromatic heterocycles. The monoisotopic (exact) mass is 549 g/mol. The highest BCUT2D eigenvalue weighted by molar-refractivity contribution is 7.89. The van der Waals surface area contributed by atoms with Gasteiger partial charge in [0.15, 0.2) is 5.58 Å². The Kier molecular flexibility index (Phi) is 12.2. The number of unbranched alkanes of at least 4 members (excludes halogenated alkanes) is 2. The van der Waals surface area contributed by atoms with Crippen molar-refractivity contribution in [2.75, 3.05) is 19.8 Å². The molecule has 0 saturated carbocycles. The Hall–Kier alpha value is -2.95. The highest BCUT2D eigenvalue weighted by Gasteiger charge is 2.30. The number of hydrogen-bond acceptors (Lipinski definition) is 7. The van der Waals surface area contributed by atoms with Gasteiger partial charge in [-0.15, -0.1) is 0 Å². The molecule has 212 valence electrons. The SMILES string of the molecule is CCCCCC(C)C[C@H](N=C(NS(C)(=O)=O)N(C)CCC)C(=O)NC(CC)C(=O)c1nc2ccccc2o1. The summed E-state index contributed by atoms with van der Waals surface area (Å²) < 4.78 is 32.2. The van der Waals surface area contributed by atoms with Gasteiger partial charge in [0.25, 0.3) is 5.89 Å². The Bertz CT molecular complexity index is 1160. The summed E-state index contributed by atoms with van der Waals surface area (Å²) in [6, 6.07) is 5.34. The van der Waals surface area contributed by atoms with E-state index in [2.05, 4.69) is 33.9 Å². The normalized spacial score (nSPS) is 14.6. The number of aliphatic imine (C=N–C) groups is 1. The summed E-state index contributed by atoms with van der Waals surface area (Å²) >= 11 is 0. The van der Waals surface area contributed by atoms with Crippen LogP contribution >= 0.6 is 0 Å². The number of benzene rings is 1. The molecule has 11 heteroatoms. The van der Waals surface area contributed by atoms with Crippen LogP contribution in [0.5, 0.6) is 0 Å². The molecule has 1 amide bonds. The van der Waals surface area contributed by atoms with E-state index in [0.717, 1.165) is 38.4 Å². The second-order valence-electron chi connectivity index (χ2n) is 9.92. The van der Waals surface area contributed by atoms with Gasteiger partial charge in [-0.25, -0.2) is 18.4 Å². The molecule has 38 heavy (non-hydrogen) atoms. The van der Waals surface area contributed by atoms with Crippen LogP contribution in [0.4, 0.5) is 0 Å². The van der Waals surface area contributed by atoms with Gasteiger partial charge in [0.1, 0.15) is 11.6 Å². The van der Waals surface area contributed by atoms with Crippen LogP contribution in [0, 0.1) is 5.92 Å². The minimum atomic E-state index is -3.62. The lowest BCUT2D eigenvalue weighted by Crippen LogP contribution is -2.48. The zero-order valence-electron chi connectivity index (χ0n) is 23.5. The van der Waals surface area contributed by atoms with Crippen LogP contribution in [0.15, 0.2) is 33.7 Å². The number of fused-ring (bicyclic) bond motifs is 1. The average Bonchev–Trinajstić information content (AvgIpc) is 3.29. The number of carbonyl (C=O) groups is 2. The minimum Gasteiger partial charge on any atom is -0.434 e. The second kappa shape index (κ2) is 14.8. The van der Waals surface area contributed by atoms with Crippen LogP contribution in [0.1, 0.15) is 83.3 Å². The van der Waals surface area contributed by atoms with Crippen molar-refractivity contribution in [3.8, 4) is 0 Å². The standard InChI is InChI=1S/C27H43N5O5S/c1-7-10-11-14-19(4)18-22(30-27(31-38(6,35)36)32(5)17-8-2)25(34)28-20(9-3)24(33)26-29-21-15-12-13-16-23(21)37-26/h12-13,15-16,19-20,22H,7-11,14,17-18H2,1-6H3,(H,28,34)(H,30,31)/t19?,20?,22-/m0/s1. The minimum absolute atomic E-state index is 0.0616. The second-order valence-corrected chi connectivity index (χ2v) is 11.7. The molecule has 0 aliphatic heterocycles. The smallest absolute Gasteiger partial charge is 0.266 e. The van der Waals surface area contributed by atoms with Crippen LogP contribution in [-0.4, -0.2) is 67.9 Å². The Morgan fingerprint density at radius 1 is 1.13 bits per heavy atom. The molecular formula is C27H43N5O5S. The average molecular weight is 550 g/mol. The quantitative estimate of drug-likeness (QED) is 0.148. The molecule has 1 aromatic carbocycles. The number of nitrogens with zero attached hydrogens (tertiary/aromatic N) is 3. The molecule has 2 rings (SSSR count). The molecule has 0 aliphatic rings. The van der Waals surface area contributed by atoms with Crippen molar-refractivity contribution >= 4 is 38.8 Å². The fourth-order valence-electron chi connectivity index (χ4n) is 4.17. The van der Waals surface area contributed by atoms with Crippen LogP contribution < -0.4 is 10.0 Å². The number of sulfonamides is 1. The van der Waals surface area contributed by atoms with Gasteiger partial charge in [-0.05, 0) is 37.3 Å². The molecule has 0 saturated heterocycles. The van der Waals surface area contributed by atoms with Gasteiger partial charge in [0.05, 0.1) is 12.3 Å². The number of oxazole rings is 1. The van der Waals surface area contributed by atoms with E-state index in [4.69, 9.17) is 4.42 Å². The molecule has 10 nitrogen and oxygen atoms in total. The van der Waals surface area contributed by atoms with E-state index in [9.17, 15) is 18.0 Å². The largest absolute Gasteiger partial charge is 0.434 e. The zero-order chi connectivity index (χ0) is 28.3. The van der Waals surface area contributed by atoms with E-state index in [-0.39, 0.29) is 17.8 Å². The fourth-order valence-corrected chi connectivity index (χ4v) is 4.71. The number of Topliss-reactive ketones (excluding diaryl/α,β-unsaturated/α-hetero) is 1. The van der Waals surface area contributed by atoms with E-state index < -0.39 is 33.8 Å². The van der Waals surface area contributed by atoms with Gasteiger partial charge in [-0.2, -0.15) is 0 Å². The molecule has 2 N–H and O–H groups in total. The summed E-state index contributed by atoms with van der Waals surface area (Å²) in [7, 11) is -1.90. The van der Waals surface area contributed by atoms with Crippen LogP contribution in [0.2, 0.25) is 0 Å². The number of nitrogens with one attached hydrogen (secondary N) is 2. The summed E-state index contributed by atoms with van der Waals surface area (Å²) in [5.74, 6) is -0.651. The highest BCUT2D eigenvalue weighted by Crippen LogP contribution is 2.19. The predicted octanol–water partition coefficient (Wildman–Crippen LogP) is 4.13.